The molecule has 7 heteroatoms. The average molecular weight is 473 g/mol. The Balaban J connectivity index is 1.49. The zero-order valence-electron chi connectivity index (χ0n) is 17.9. The molecule has 3 heterocycles. The summed E-state index contributed by atoms with van der Waals surface area (Å²) in [5, 5.41) is 3.94. The van der Waals surface area contributed by atoms with Gasteiger partial charge in [-0.1, -0.05) is 65.9 Å². The molecule has 33 heavy (non-hydrogen) atoms. The first-order valence-electron chi connectivity index (χ1n) is 10.4. The van der Waals surface area contributed by atoms with E-state index < -0.39 is 0 Å². The third-order valence-corrected chi connectivity index (χ3v) is 7.21. The maximum atomic E-state index is 13.5. The molecule has 0 saturated carbocycles. The van der Waals surface area contributed by atoms with Gasteiger partial charge in [-0.25, -0.2) is 4.98 Å². The molecule has 0 N–H and O–H groups in total. The fraction of sp³-hybridized carbons (Fsp3) is 0.115. The number of thioether (sulfide) groups is 1. The molecule has 0 radical (unpaired) electrons. The van der Waals surface area contributed by atoms with Crippen LogP contribution < -0.4 is 5.56 Å². The predicted molar refractivity (Wildman–Crippen MR) is 136 cm³/mol. The van der Waals surface area contributed by atoms with E-state index in [2.05, 4.69) is 6.58 Å². The second-order valence-corrected chi connectivity index (χ2v) is 9.46. The number of benzene rings is 2. The topological polar surface area (TPSA) is 65.1 Å². The lowest BCUT2D eigenvalue weighted by Gasteiger charge is -2.10. The van der Waals surface area contributed by atoms with E-state index in [1.165, 1.54) is 23.1 Å². The quantitative estimate of drug-likeness (QED) is 0.120. The Morgan fingerprint density at radius 3 is 2.76 bits per heavy atom. The smallest absolute Gasteiger partial charge is 0.263 e. The number of thiophene rings is 1. The van der Waals surface area contributed by atoms with Crippen LogP contribution in [0.5, 0.6) is 0 Å². The molecular weight excluding hydrogens is 452 g/mol. The zero-order valence-corrected chi connectivity index (χ0v) is 19.5. The van der Waals surface area contributed by atoms with Crippen LogP contribution in [0.1, 0.15) is 16.1 Å². The number of nitrogens with zero attached hydrogens (tertiary/aromatic N) is 2. The third-order valence-electron chi connectivity index (χ3n) is 5.37. The Labute approximate surface area is 198 Å². The second kappa shape index (κ2) is 8.84. The fourth-order valence-corrected chi connectivity index (χ4v) is 5.54. The van der Waals surface area contributed by atoms with Gasteiger partial charge < -0.3 is 4.42 Å². The summed E-state index contributed by atoms with van der Waals surface area (Å²) < 4.78 is 7.26. The van der Waals surface area contributed by atoms with Gasteiger partial charge in [0.2, 0.25) is 5.78 Å². The number of rotatable bonds is 7. The van der Waals surface area contributed by atoms with Crippen LogP contribution in [0.2, 0.25) is 0 Å². The van der Waals surface area contributed by atoms with Gasteiger partial charge in [0.15, 0.2) is 10.9 Å². The predicted octanol–water partition coefficient (Wildman–Crippen LogP) is 6.34. The van der Waals surface area contributed by atoms with E-state index in [0.717, 1.165) is 22.1 Å². The number of carbonyl (C=O) groups is 1. The number of Topliss-reactive ketones (excluding diaryl/α,β-unsaturated/α-hetero) is 1. The highest BCUT2D eigenvalue weighted by Gasteiger charge is 2.19. The van der Waals surface area contributed by atoms with E-state index in [4.69, 9.17) is 9.40 Å². The van der Waals surface area contributed by atoms with E-state index in [-0.39, 0.29) is 17.1 Å². The van der Waals surface area contributed by atoms with Crippen LogP contribution in [0, 0.1) is 6.92 Å². The van der Waals surface area contributed by atoms with Gasteiger partial charge in [0.1, 0.15) is 10.4 Å². The fourth-order valence-electron chi connectivity index (χ4n) is 3.67. The van der Waals surface area contributed by atoms with Crippen LogP contribution >= 0.6 is 23.1 Å². The first kappa shape index (κ1) is 21.4. The molecule has 3 aromatic heterocycles. The SMILES string of the molecule is C=CCn1c(SCC(=O)c2cc3ccccc3o2)nc2scc(-c3ccc(C)cc3)c2c1=O. The first-order valence-corrected chi connectivity index (χ1v) is 12.3. The molecule has 5 nitrogen and oxygen atoms in total. The highest BCUT2D eigenvalue weighted by molar-refractivity contribution is 7.99. The van der Waals surface area contributed by atoms with Gasteiger partial charge in [0.25, 0.3) is 5.56 Å². The molecule has 0 fully saturated rings. The van der Waals surface area contributed by atoms with Crippen molar-refractivity contribution < 1.29 is 9.21 Å². The Kier molecular flexibility index (Phi) is 5.74. The number of carbonyl (C=O) groups excluding carboxylic acids is 1. The lowest BCUT2D eigenvalue weighted by molar-refractivity contribution is 0.0994. The summed E-state index contributed by atoms with van der Waals surface area (Å²) in [6.45, 7) is 6.13. The van der Waals surface area contributed by atoms with E-state index in [1.807, 2.05) is 60.8 Å². The van der Waals surface area contributed by atoms with Crippen molar-refractivity contribution in [2.75, 3.05) is 5.75 Å². The summed E-state index contributed by atoms with van der Waals surface area (Å²) in [5.41, 5.74) is 3.57. The molecule has 0 aliphatic rings. The Morgan fingerprint density at radius 1 is 1.21 bits per heavy atom. The molecule has 0 amide bonds. The number of fused-ring (bicyclic) bond motifs is 2. The summed E-state index contributed by atoms with van der Waals surface area (Å²) in [7, 11) is 0. The van der Waals surface area contributed by atoms with Crippen LogP contribution in [0.15, 0.2) is 87.0 Å². The van der Waals surface area contributed by atoms with Gasteiger partial charge >= 0.3 is 0 Å². The zero-order chi connectivity index (χ0) is 22.9. The molecule has 0 aliphatic carbocycles. The molecule has 0 unspecified atom stereocenters. The summed E-state index contributed by atoms with van der Waals surface area (Å²) in [5.74, 6) is 0.271. The van der Waals surface area contributed by atoms with Crippen LogP contribution in [0.25, 0.3) is 32.3 Å². The molecule has 164 valence electrons. The van der Waals surface area contributed by atoms with Crippen molar-refractivity contribution in [3.63, 3.8) is 0 Å². The molecule has 0 spiro atoms. The molecule has 0 bridgehead atoms. The minimum Gasteiger partial charge on any atom is -0.453 e. The van der Waals surface area contributed by atoms with Crippen molar-refractivity contribution in [1.29, 1.82) is 0 Å². The van der Waals surface area contributed by atoms with E-state index in [1.54, 1.807) is 16.7 Å². The number of allylic oxidation sites excluding steroid dienone is 1. The van der Waals surface area contributed by atoms with Crippen molar-refractivity contribution in [3.8, 4) is 11.1 Å². The summed E-state index contributed by atoms with van der Waals surface area (Å²) in [6.07, 6.45) is 1.66. The number of hydrogen-bond acceptors (Lipinski definition) is 6. The van der Waals surface area contributed by atoms with Crippen molar-refractivity contribution in [2.45, 2.75) is 18.6 Å². The van der Waals surface area contributed by atoms with E-state index >= 15 is 0 Å². The first-order chi connectivity index (χ1) is 16.0. The highest BCUT2D eigenvalue weighted by atomic mass is 32.2. The van der Waals surface area contributed by atoms with Crippen LogP contribution in [-0.4, -0.2) is 21.1 Å². The second-order valence-electron chi connectivity index (χ2n) is 7.65. The Morgan fingerprint density at radius 2 is 2.00 bits per heavy atom. The highest BCUT2D eigenvalue weighted by Crippen LogP contribution is 2.32. The van der Waals surface area contributed by atoms with Crippen LogP contribution in [0.3, 0.4) is 0 Å². The molecule has 2 aromatic carbocycles. The largest absolute Gasteiger partial charge is 0.453 e. The standard InChI is InChI=1S/C26H20N2O3S2/c1-3-12-28-25(30)23-19(17-10-8-16(2)9-11-17)14-32-24(23)27-26(28)33-15-20(29)22-13-18-6-4-5-7-21(18)31-22/h3-11,13-14H,1,12,15H2,2H3. The van der Waals surface area contributed by atoms with Crippen molar-refractivity contribution in [1.82, 2.24) is 9.55 Å². The minimum atomic E-state index is -0.151. The maximum Gasteiger partial charge on any atom is 0.263 e. The van der Waals surface area contributed by atoms with Crippen LogP contribution in [0.4, 0.5) is 0 Å². The molecular formula is C26H20N2O3S2. The minimum absolute atomic E-state index is 0.116. The summed E-state index contributed by atoms with van der Waals surface area (Å²) >= 11 is 2.67. The lowest BCUT2D eigenvalue weighted by Crippen LogP contribution is -2.23. The third kappa shape index (κ3) is 4.05. The molecule has 0 atom stereocenters. The van der Waals surface area contributed by atoms with E-state index in [0.29, 0.717) is 33.3 Å². The number of aromatic nitrogens is 2. The summed E-state index contributed by atoms with van der Waals surface area (Å²) in [6, 6.07) is 17.4. The number of furan rings is 1. The number of aryl methyl sites for hydroxylation is 1. The van der Waals surface area contributed by atoms with Gasteiger partial charge in [-0.2, -0.15) is 0 Å². The number of ketones is 1. The van der Waals surface area contributed by atoms with Gasteiger partial charge in [-0.05, 0) is 24.6 Å². The van der Waals surface area contributed by atoms with Crippen molar-refractivity contribution >= 4 is 50.1 Å². The van der Waals surface area contributed by atoms with Crippen molar-refractivity contribution in [2.24, 2.45) is 0 Å². The maximum absolute atomic E-state index is 13.5. The van der Waals surface area contributed by atoms with E-state index in [9.17, 15) is 9.59 Å². The molecule has 0 aliphatic heterocycles. The van der Waals surface area contributed by atoms with Gasteiger partial charge in [-0.15, -0.1) is 17.9 Å². The summed E-state index contributed by atoms with van der Waals surface area (Å²) in [4.78, 5) is 31.6. The van der Waals surface area contributed by atoms with Gasteiger partial charge in [0, 0.05) is 22.9 Å². The monoisotopic (exact) mass is 472 g/mol. The number of hydrogen-bond donors (Lipinski definition) is 0. The normalized spacial score (nSPS) is 11.3. The molecule has 0 saturated heterocycles. The van der Waals surface area contributed by atoms with Crippen LogP contribution in [-0.2, 0) is 6.54 Å². The average Bonchev–Trinajstić information content (AvgIpc) is 3.45. The molecule has 5 aromatic rings. The van der Waals surface area contributed by atoms with Crippen molar-refractivity contribution in [3.05, 3.63) is 94.3 Å². The number of para-hydroxylation sites is 1. The van der Waals surface area contributed by atoms with Gasteiger partial charge in [0.05, 0.1) is 11.1 Å². The Hall–Kier alpha value is -3.42. The lowest BCUT2D eigenvalue weighted by atomic mass is 10.1. The Bertz CT molecular complexity index is 1530. The van der Waals surface area contributed by atoms with Gasteiger partial charge in [-0.3, -0.25) is 14.2 Å². The molecule has 5 rings (SSSR count).